The number of hydrazone groups is 1. The number of aromatic amines is 1. The zero-order valence-corrected chi connectivity index (χ0v) is 19.3. The number of H-pyrrole nitrogens is 1. The van der Waals surface area contributed by atoms with E-state index in [9.17, 15) is 9.18 Å². The average Bonchev–Trinajstić information content (AvgIpc) is 3.38. The highest BCUT2D eigenvalue weighted by atomic mass is 35.5. The number of hydrogen-bond acceptors (Lipinski definition) is 5. The maximum atomic E-state index is 14.0. The molecule has 1 unspecified atom stereocenters. The second-order valence-electron chi connectivity index (χ2n) is 7.77. The molecule has 1 atom stereocenters. The van der Waals surface area contributed by atoms with E-state index in [1.54, 1.807) is 23.5 Å². The van der Waals surface area contributed by atoms with Crippen molar-refractivity contribution in [3.63, 3.8) is 0 Å². The molecule has 1 aliphatic heterocycles. The second kappa shape index (κ2) is 10.4. The summed E-state index contributed by atoms with van der Waals surface area (Å²) in [6.07, 6.45) is 5.16. The van der Waals surface area contributed by atoms with Gasteiger partial charge in [-0.15, -0.1) is 11.3 Å². The monoisotopic (exact) mass is 473 g/mol. The first-order chi connectivity index (χ1) is 15.5. The number of imidazole rings is 1. The molecule has 0 saturated carbocycles. The minimum Gasteiger partial charge on any atom is -0.332 e. The molecule has 9 heteroatoms. The Kier molecular flexibility index (Phi) is 7.34. The third-order valence-corrected chi connectivity index (χ3v) is 6.79. The predicted molar refractivity (Wildman–Crippen MR) is 126 cm³/mol. The third-order valence-electron chi connectivity index (χ3n) is 5.48. The minimum absolute atomic E-state index is 0.330. The van der Waals surface area contributed by atoms with Gasteiger partial charge in [0.25, 0.3) is 5.91 Å². The van der Waals surface area contributed by atoms with E-state index >= 15 is 0 Å². The fraction of sp³-hybridized carbons (Fsp3) is 0.348. The van der Waals surface area contributed by atoms with Crippen molar-refractivity contribution in [3.8, 4) is 0 Å². The van der Waals surface area contributed by atoms with Crippen LogP contribution in [0.15, 0.2) is 40.8 Å². The van der Waals surface area contributed by atoms with E-state index in [-0.39, 0.29) is 11.7 Å². The Morgan fingerprint density at radius 3 is 3.16 bits per heavy atom. The summed E-state index contributed by atoms with van der Waals surface area (Å²) in [6, 6.07) is 7.59. The van der Waals surface area contributed by atoms with Crippen molar-refractivity contribution >= 4 is 35.1 Å². The Balaban J connectivity index is 1.51. The van der Waals surface area contributed by atoms with Crippen molar-refractivity contribution in [1.82, 2.24) is 20.3 Å². The van der Waals surface area contributed by atoms with Gasteiger partial charge >= 0.3 is 0 Å². The molecular formula is C23H25ClFN5OS. The number of benzene rings is 1. The molecule has 3 heterocycles. The lowest BCUT2D eigenvalue weighted by atomic mass is 10.0. The molecule has 168 valence electrons. The first-order valence-electron chi connectivity index (χ1n) is 10.7. The van der Waals surface area contributed by atoms with Gasteiger partial charge in [0.1, 0.15) is 28.5 Å². The van der Waals surface area contributed by atoms with Gasteiger partial charge < -0.3 is 4.98 Å². The van der Waals surface area contributed by atoms with Gasteiger partial charge in [-0.2, -0.15) is 5.10 Å². The van der Waals surface area contributed by atoms with Crippen LogP contribution >= 0.6 is 22.9 Å². The van der Waals surface area contributed by atoms with E-state index in [4.69, 9.17) is 11.6 Å². The van der Waals surface area contributed by atoms with Crippen LogP contribution in [0.4, 0.5) is 4.39 Å². The third kappa shape index (κ3) is 5.26. The average molecular weight is 474 g/mol. The predicted octanol–water partition coefficient (Wildman–Crippen LogP) is 4.86. The number of nitrogens with one attached hydrogen (secondary N) is 2. The van der Waals surface area contributed by atoms with Crippen LogP contribution in [0.3, 0.4) is 0 Å². The van der Waals surface area contributed by atoms with E-state index < -0.39 is 6.04 Å². The van der Waals surface area contributed by atoms with E-state index in [2.05, 4.69) is 43.8 Å². The summed E-state index contributed by atoms with van der Waals surface area (Å²) >= 11 is 7.94. The van der Waals surface area contributed by atoms with Crippen LogP contribution in [-0.4, -0.2) is 33.5 Å². The normalized spacial score (nSPS) is 15.1. The van der Waals surface area contributed by atoms with Crippen molar-refractivity contribution in [2.45, 2.75) is 45.2 Å². The summed E-state index contributed by atoms with van der Waals surface area (Å²) in [5.74, 6) is 0.0884. The lowest BCUT2D eigenvalue weighted by molar-refractivity contribution is -0.127. The highest BCUT2D eigenvalue weighted by Gasteiger charge is 2.31. The van der Waals surface area contributed by atoms with Crippen molar-refractivity contribution in [3.05, 3.63) is 74.2 Å². The van der Waals surface area contributed by atoms with E-state index in [0.717, 1.165) is 31.5 Å². The van der Waals surface area contributed by atoms with Gasteiger partial charge in [0, 0.05) is 24.4 Å². The maximum absolute atomic E-state index is 14.0. The van der Waals surface area contributed by atoms with Gasteiger partial charge in [0.15, 0.2) is 0 Å². The Morgan fingerprint density at radius 1 is 1.47 bits per heavy atom. The Morgan fingerprint density at radius 2 is 2.34 bits per heavy atom. The molecule has 0 saturated heterocycles. The van der Waals surface area contributed by atoms with Crippen molar-refractivity contribution in [2.24, 2.45) is 5.10 Å². The van der Waals surface area contributed by atoms with Crippen LogP contribution in [0.5, 0.6) is 0 Å². The highest BCUT2D eigenvalue weighted by Crippen LogP contribution is 2.31. The molecule has 1 aliphatic rings. The van der Waals surface area contributed by atoms with Crippen LogP contribution < -0.4 is 5.43 Å². The van der Waals surface area contributed by atoms with Crippen LogP contribution in [-0.2, 0) is 24.2 Å². The summed E-state index contributed by atoms with van der Waals surface area (Å²) in [5, 5.41) is 6.54. The van der Waals surface area contributed by atoms with Gasteiger partial charge in [-0.3, -0.25) is 9.69 Å². The molecule has 0 aliphatic carbocycles. The molecule has 2 aromatic heterocycles. The first kappa shape index (κ1) is 22.6. The SMILES string of the molecule is CCCCc1nc(/C=N/NC(=O)C(c2cccc(F)c2)N2CCc3sccc3C2)c(Cl)[nH]1. The molecule has 2 N–H and O–H groups in total. The number of fused-ring (bicyclic) bond motifs is 1. The summed E-state index contributed by atoms with van der Waals surface area (Å²) in [4.78, 5) is 24.0. The summed E-state index contributed by atoms with van der Waals surface area (Å²) in [6.45, 7) is 3.44. The maximum Gasteiger partial charge on any atom is 0.262 e. The first-order valence-corrected chi connectivity index (χ1v) is 11.9. The molecule has 0 radical (unpaired) electrons. The number of carbonyl (C=O) groups excluding carboxylic acids is 1. The molecule has 6 nitrogen and oxygen atoms in total. The van der Waals surface area contributed by atoms with Gasteiger partial charge in [-0.1, -0.05) is 37.1 Å². The number of nitrogens with zero attached hydrogens (tertiary/aromatic N) is 3. The zero-order chi connectivity index (χ0) is 22.5. The van der Waals surface area contributed by atoms with Crippen molar-refractivity contribution < 1.29 is 9.18 Å². The molecule has 0 spiro atoms. The summed E-state index contributed by atoms with van der Waals surface area (Å²) in [5.41, 5.74) is 4.88. The number of rotatable bonds is 8. The molecule has 32 heavy (non-hydrogen) atoms. The second-order valence-corrected chi connectivity index (χ2v) is 9.15. The molecule has 0 bridgehead atoms. The Hall–Kier alpha value is -2.55. The van der Waals surface area contributed by atoms with E-state index in [1.165, 1.54) is 28.8 Å². The van der Waals surface area contributed by atoms with Gasteiger partial charge in [-0.05, 0) is 47.5 Å². The number of thiophene rings is 1. The number of amides is 1. The quantitative estimate of drug-likeness (QED) is 0.362. The van der Waals surface area contributed by atoms with Gasteiger partial charge in [-0.25, -0.2) is 14.8 Å². The van der Waals surface area contributed by atoms with Crippen LogP contribution in [0.1, 0.15) is 53.3 Å². The van der Waals surface area contributed by atoms with Gasteiger partial charge in [0.05, 0.1) is 6.21 Å². The van der Waals surface area contributed by atoms with Crippen LogP contribution in [0.2, 0.25) is 5.15 Å². The molecular weight excluding hydrogens is 449 g/mol. The molecule has 1 amide bonds. The molecule has 3 aromatic rings. The van der Waals surface area contributed by atoms with Crippen LogP contribution in [0, 0.1) is 5.82 Å². The fourth-order valence-electron chi connectivity index (χ4n) is 3.87. The number of aryl methyl sites for hydroxylation is 1. The zero-order valence-electron chi connectivity index (χ0n) is 17.8. The van der Waals surface area contributed by atoms with Crippen molar-refractivity contribution in [1.29, 1.82) is 0 Å². The standard InChI is InChI=1S/C23H25ClFN5OS/c1-2-3-7-20-27-18(22(24)28-20)13-26-29-23(31)21(15-5-4-6-17(25)12-15)30-10-8-19-16(14-30)9-11-32-19/h4-6,9,11-13,21H,2-3,7-8,10,14H2,1H3,(H,27,28)(H,29,31)/b26-13+. The Bertz CT molecular complexity index is 1110. The summed E-state index contributed by atoms with van der Waals surface area (Å²) in [7, 11) is 0. The molecule has 0 fully saturated rings. The molecule has 1 aromatic carbocycles. The lowest BCUT2D eigenvalue weighted by Gasteiger charge is -2.33. The topological polar surface area (TPSA) is 73.4 Å². The smallest absolute Gasteiger partial charge is 0.262 e. The minimum atomic E-state index is -0.661. The number of halogens is 2. The highest BCUT2D eigenvalue weighted by molar-refractivity contribution is 7.10. The molecule has 4 rings (SSSR count). The Labute approximate surface area is 195 Å². The van der Waals surface area contributed by atoms with Crippen molar-refractivity contribution in [2.75, 3.05) is 6.54 Å². The van der Waals surface area contributed by atoms with Gasteiger partial charge in [0.2, 0.25) is 0 Å². The number of carbonyl (C=O) groups is 1. The number of aromatic nitrogens is 2. The lowest BCUT2D eigenvalue weighted by Crippen LogP contribution is -2.41. The number of unbranched alkanes of at least 4 members (excludes halogenated alkanes) is 1. The van der Waals surface area contributed by atoms with E-state index in [0.29, 0.717) is 29.5 Å². The largest absolute Gasteiger partial charge is 0.332 e. The number of hydrogen-bond donors (Lipinski definition) is 2. The fourth-order valence-corrected chi connectivity index (χ4v) is 4.96. The summed E-state index contributed by atoms with van der Waals surface area (Å²) < 4.78 is 14.0. The van der Waals surface area contributed by atoms with E-state index in [1.807, 2.05) is 0 Å². The van der Waals surface area contributed by atoms with Crippen LogP contribution in [0.25, 0.3) is 0 Å².